The van der Waals surface area contributed by atoms with Gasteiger partial charge in [-0.05, 0) is 32.6 Å². The maximum absolute atomic E-state index is 10.7. The van der Waals surface area contributed by atoms with Gasteiger partial charge in [0.1, 0.15) is 11.6 Å². The molecule has 2 heterocycles. The van der Waals surface area contributed by atoms with Crippen molar-refractivity contribution < 1.29 is 9.90 Å². The summed E-state index contributed by atoms with van der Waals surface area (Å²) >= 11 is 0. The fraction of sp³-hybridized carbons (Fsp3) is 0.615. The van der Waals surface area contributed by atoms with Crippen LogP contribution in [0.15, 0.2) is 6.07 Å². The van der Waals surface area contributed by atoms with Crippen molar-refractivity contribution in [3.8, 4) is 0 Å². The average molecular weight is 249 g/mol. The van der Waals surface area contributed by atoms with E-state index >= 15 is 0 Å². The molecule has 5 nitrogen and oxygen atoms in total. The van der Waals surface area contributed by atoms with Gasteiger partial charge in [0.25, 0.3) is 0 Å². The molecule has 0 bridgehead atoms. The molecule has 1 aromatic heterocycles. The van der Waals surface area contributed by atoms with Crippen molar-refractivity contribution in [1.29, 1.82) is 0 Å². The van der Waals surface area contributed by atoms with Gasteiger partial charge in [0.05, 0.1) is 0 Å². The summed E-state index contributed by atoms with van der Waals surface area (Å²) in [5, 5.41) is 8.79. The highest BCUT2D eigenvalue weighted by molar-refractivity contribution is 5.67. The summed E-state index contributed by atoms with van der Waals surface area (Å²) in [5.74, 6) is 1.37. The van der Waals surface area contributed by atoms with Gasteiger partial charge in [-0.1, -0.05) is 0 Å². The number of aromatic nitrogens is 2. The molecule has 1 aromatic rings. The molecule has 1 aliphatic heterocycles. The minimum Gasteiger partial charge on any atom is -0.481 e. The molecule has 0 aliphatic carbocycles. The van der Waals surface area contributed by atoms with Crippen LogP contribution in [0.1, 0.15) is 30.8 Å². The van der Waals surface area contributed by atoms with Gasteiger partial charge in [-0.25, -0.2) is 9.97 Å². The molecule has 0 unspecified atom stereocenters. The number of anilines is 1. The molecule has 0 aromatic carbocycles. The molecule has 1 fully saturated rings. The molecule has 0 saturated carbocycles. The van der Waals surface area contributed by atoms with Gasteiger partial charge in [-0.15, -0.1) is 0 Å². The van der Waals surface area contributed by atoms with Crippen LogP contribution >= 0.6 is 0 Å². The number of aliphatic carboxylic acids is 1. The molecule has 1 aliphatic rings. The number of rotatable bonds is 3. The number of nitrogens with zero attached hydrogens (tertiary/aromatic N) is 3. The van der Waals surface area contributed by atoms with Crippen molar-refractivity contribution in [2.24, 2.45) is 5.92 Å². The molecule has 18 heavy (non-hydrogen) atoms. The van der Waals surface area contributed by atoms with Gasteiger partial charge in [0, 0.05) is 31.3 Å². The van der Waals surface area contributed by atoms with E-state index in [1.54, 1.807) is 0 Å². The van der Waals surface area contributed by atoms with Crippen LogP contribution in [0.3, 0.4) is 0 Å². The molecule has 0 radical (unpaired) electrons. The molecular weight excluding hydrogens is 230 g/mol. The average Bonchev–Trinajstić information content (AvgIpc) is 2.27. The fourth-order valence-electron chi connectivity index (χ4n) is 2.47. The summed E-state index contributed by atoms with van der Waals surface area (Å²) in [6.45, 7) is 5.63. The first-order valence-corrected chi connectivity index (χ1v) is 6.33. The number of carboxylic acids is 1. The Bertz CT molecular complexity index is 420. The van der Waals surface area contributed by atoms with E-state index in [1.807, 2.05) is 19.9 Å². The van der Waals surface area contributed by atoms with E-state index in [9.17, 15) is 4.79 Å². The van der Waals surface area contributed by atoms with Crippen molar-refractivity contribution in [2.45, 2.75) is 33.1 Å². The Morgan fingerprint density at radius 2 is 2.06 bits per heavy atom. The minimum absolute atomic E-state index is 0.287. The van der Waals surface area contributed by atoms with E-state index in [2.05, 4.69) is 14.9 Å². The zero-order chi connectivity index (χ0) is 13.1. The van der Waals surface area contributed by atoms with Gasteiger partial charge in [0.15, 0.2) is 0 Å². The first-order valence-electron chi connectivity index (χ1n) is 6.33. The first-order chi connectivity index (χ1) is 8.54. The quantitative estimate of drug-likeness (QED) is 0.884. The SMILES string of the molecule is Cc1cc(N2CCC(CC(=O)O)CC2)nc(C)n1. The van der Waals surface area contributed by atoms with Crippen LogP contribution in [0.4, 0.5) is 5.82 Å². The van der Waals surface area contributed by atoms with E-state index in [0.29, 0.717) is 5.92 Å². The normalized spacial score (nSPS) is 16.9. The second-order valence-corrected chi connectivity index (χ2v) is 4.94. The van der Waals surface area contributed by atoms with Crippen molar-refractivity contribution in [3.05, 3.63) is 17.6 Å². The van der Waals surface area contributed by atoms with Crippen molar-refractivity contribution in [3.63, 3.8) is 0 Å². The Balaban J connectivity index is 1.98. The topological polar surface area (TPSA) is 66.3 Å². The van der Waals surface area contributed by atoms with Crippen LogP contribution in [0.25, 0.3) is 0 Å². The highest BCUT2D eigenvalue weighted by Gasteiger charge is 2.22. The maximum atomic E-state index is 10.7. The largest absolute Gasteiger partial charge is 0.481 e. The third kappa shape index (κ3) is 3.18. The molecule has 0 amide bonds. The summed E-state index contributed by atoms with van der Waals surface area (Å²) in [5.41, 5.74) is 0.977. The monoisotopic (exact) mass is 249 g/mol. The number of hydrogen-bond acceptors (Lipinski definition) is 4. The molecule has 0 atom stereocenters. The molecule has 1 N–H and O–H groups in total. The molecule has 98 valence electrons. The van der Waals surface area contributed by atoms with Gasteiger partial charge < -0.3 is 10.0 Å². The fourth-order valence-corrected chi connectivity index (χ4v) is 2.47. The van der Waals surface area contributed by atoms with E-state index in [0.717, 1.165) is 43.3 Å². The van der Waals surface area contributed by atoms with E-state index in [4.69, 9.17) is 5.11 Å². The van der Waals surface area contributed by atoms with Gasteiger partial charge in [-0.2, -0.15) is 0 Å². The molecular formula is C13H19N3O2. The van der Waals surface area contributed by atoms with Crippen LogP contribution in [0, 0.1) is 19.8 Å². The summed E-state index contributed by atoms with van der Waals surface area (Å²) in [6, 6.07) is 1.99. The summed E-state index contributed by atoms with van der Waals surface area (Å²) in [4.78, 5) is 21.6. The van der Waals surface area contributed by atoms with Crippen LogP contribution in [-0.4, -0.2) is 34.1 Å². The standard InChI is InChI=1S/C13H19N3O2/c1-9-7-12(15-10(2)14-9)16-5-3-11(4-6-16)8-13(17)18/h7,11H,3-6,8H2,1-2H3,(H,17,18). The van der Waals surface area contributed by atoms with Crippen LogP contribution in [0.5, 0.6) is 0 Å². The minimum atomic E-state index is -0.692. The van der Waals surface area contributed by atoms with Gasteiger partial charge in [-0.3, -0.25) is 4.79 Å². The highest BCUT2D eigenvalue weighted by Crippen LogP contribution is 2.24. The van der Waals surface area contributed by atoms with Crippen LogP contribution < -0.4 is 4.90 Å². The predicted molar refractivity (Wildman–Crippen MR) is 68.7 cm³/mol. The Hall–Kier alpha value is -1.65. The van der Waals surface area contributed by atoms with Crippen molar-refractivity contribution >= 4 is 11.8 Å². The molecule has 5 heteroatoms. The van der Waals surface area contributed by atoms with Gasteiger partial charge >= 0.3 is 5.97 Å². The predicted octanol–water partition coefficient (Wildman–Crippen LogP) is 1.78. The lowest BCUT2D eigenvalue weighted by Gasteiger charge is -2.32. The zero-order valence-corrected chi connectivity index (χ0v) is 10.9. The Morgan fingerprint density at radius 1 is 1.39 bits per heavy atom. The van der Waals surface area contributed by atoms with Crippen LogP contribution in [-0.2, 0) is 4.79 Å². The molecule has 1 saturated heterocycles. The Kier molecular flexibility index (Phi) is 3.79. The summed E-state index contributed by atoms with van der Waals surface area (Å²) in [7, 11) is 0. The zero-order valence-electron chi connectivity index (χ0n) is 10.9. The lowest BCUT2D eigenvalue weighted by atomic mass is 9.94. The number of hydrogen-bond donors (Lipinski definition) is 1. The summed E-state index contributed by atoms with van der Waals surface area (Å²) < 4.78 is 0. The summed E-state index contributed by atoms with van der Waals surface area (Å²) in [6.07, 6.45) is 2.14. The van der Waals surface area contributed by atoms with E-state index in [-0.39, 0.29) is 6.42 Å². The second-order valence-electron chi connectivity index (χ2n) is 4.94. The Morgan fingerprint density at radius 3 is 2.61 bits per heavy atom. The Labute approximate surface area is 107 Å². The van der Waals surface area contributed by atoms with Crippen LogP contribution in [0.2, 0.25) is 0 Å². The number of piperidine rings is 1. The third-order valence-electron chi connectivity index (χ3n) is 3.35. The maximum Gasteiger partial charge on any atom is 0.303 e. The smallest absolute Gasteiger partial charge is 0.303 e. The lowest BCUT2D eigenvalue weighted by molar-refractivity contribution is -0.138. The van der Waals surface area contributed by atoms with Crippen molar-refractivity contribution in [1.82, 2.24) is 9.97 Å². The van der Waals surface area contributed by atoms with E-state index in [1.165, 1.54) is 0 Å². The second kappa shape index (κ2) is 5.33. The number of carbonyl (C=O) groups is 1. The number of carboxylic acid groups (broad SMARTS) is 1. The molecule has 0 spiro atoms. The number of aryl methyl sites for hydroxylation is 2. The van der Waals surface area contributed by atoms with E-state index < -0.39 is 5.97 Å². The highest BCUT2D eigenvalue weighted by atomic mass is 16.4. The van der Waals surface area contributed by atoms with Gasteiger partial charge in [0.2, 0.25) is 0 Å². The molecule has 2 rings (SSSR count). The first kappa shape index (κ1) is 12.8. The third-order valence-corrected chi connectivity index (χ3v) is 3.35. The lowest BCUT2D eigenvalue weighted by Crippen LogP contribution is -2.35. The van der Waals surface area contributed by atoms with Crippen molar-refractivity contribution in [2.75, 3.05) is 18.0 Å².